The first-order valence-corrected chi connectivity index (χ1v) is 5.96. The zero-order valence-corrected chi connectivity index (χ0v) is 10.2. The standard InChI is InChI=1S/C12H17NO2S/c1-2-15-12(14)11(9-16)13-8-10-6-4-3-5-7-10/h3-7,11,13,16H,2,8-9H2,1H3/t11-/m0/s1. The fourth-order valence-electron chi connectivity index (χ4n) is 1.30. The van der Waals surface area contributed by atoms with E-state index in [9.17, 15) is 4.79 Å². The molecule has 0 amide bonds. The van der Waals surface area contributed by atoms with Crippen molar-refractivity contribution >= 4 is 18.6 Å². The van der Waals surface area contributed by atoms with Gasteiger partial charge in [-0.2, -0.15) is 12.6 Å². The fourth-order valence-corrected chi connectivity index (χ4v) is 1.58. The third-order valence-corrected chi connectivity index (χ3v) is 2.51. The molecule has 0 spiro atoms. The van der Waals surface area contributed by atoms with Gasteiger partial charge in [-0.1, -0.05) is 30.3 Å². The lowest BCUT2D eigenvalue weighted by Gasteiger charge is -2.14. The van der Waals surface area contributed by atoms with Crippen LogP contribution >= 0.6 is 12.6 Å². The molecule has 0 aliphatic rings. The Morgan fingerprint density at radius 2 is 2.12 bits per heavy atom. The Hall–Kier alpha value is -1.00. The maximum Gasteiger partial charge on any atom is 0.323 e. The van der Waals surface area contributed by atoms with Crippen molar-refractivity contribution < 1.29 is 9.53 Å². The summed E-state index contributed by atoms with van der Waals surface area (Å²) in [4.78, 5) is 11.5. The van der Waals surface area contributed by atoms with Crippen molar-refractivity contribution in [2.45, 2.75) is 19.5 Å². The molecule has 0 aliphatic carbocycles. The number of benzene rings is 1. The highest BCUT2D eigenvalue weighted by Gasteiger charge is 2.16. The second kappa shape index (κ2) is 7.30. The number of hydrogen-bond donors (Lipinski definition) is 2. The van der Waals surface area contributed by atoms with Gasteiger partial charge in [-0.15, -0.1) is 0 Å². The van der Waals surface area contributed by atoms with Crippen LogP contribution in [0.25, 0.3) is 0 Å². The highest BCUT2D eigenvalue weighted by molar-refractivity contribution is 7.80. The van der Waals surface area contributed by atoms with Gasteiger partial charge in [0.2, 0.25) is 0 Å². The van der Waals surface area contributed by atoms with E-state index in [0.29, 0.717) is 18.9 Å². The summed E-state index contributed by atoms with van der Waals surface area (Å²) in [6.45, 7) is 2.84. The molecule has 1 rings (SSSR count). The van der Waals surface area contributed by atoms with Crippen molar-refractivity contribution in [3.63, 3.8) is 0 Å². The van der Waals surface area contributed by atoms with Crippen LogP contribution in [-0.2, 0) is 16.1 Å². The molecule has 0 aliphatic heterocycles. The van der Waals surface area contributed by atoms with Crippen molar-refractivity contribution in [3.05, 3.63) is 35.9 Å². The van der Waals surface area contributed by atoms with Crippen molar-refractivity contribution in [1.82, 2.24) is 5.32 Å². The summed E-state index contributed by atoms with van der Waals surface area (Å²) in [6.07, 6.45) is 0. The fraction of sp³-hybridized carbons (Fsp3) is 0.417. The predicted octanol–water partition coefficient (Wildman–Crippen LogP) is 1.64. The van der Waals surface area contributed by atoms with E-state index in [0.717, 1.165) is 5.56 Å². The van der Waals surface area contributed by atoms with Crippen LogP contribution in [0.4, 0.5) is 0 Å². The quantitative estimate of drug-likeness (QED) is 0.585. The van der Waals surface area contributed by atoms with E-state index < -0.39 is 0 Å². The Labute approximate surface area is 102 Å². The molecule has 1 aromatic carbocycles. The average Bonchev–Trinajstić information content (AvgIpc) is 2.31. The number of carbonyl (C=O) groups excluding carboxylic acids is 1. The Kier molecular flexibility index (Phi) is 5.96. The van der Waals surface area contributed by atoms with E-state index in [1.807, 2.05) is 30.3 Å². The third-order valence-electron chi connectivity index (χ3n) is 2.15. The Bertz CT molecular complexity index is 316. The second-order valence-electron chi connectivity index (χ2n) is 3.35. The van der Waals surface area contributed by atoms with Crippen LogP contribution in [0.15, 0.2) is 30.3 Å². The van der Waals surface area contributed by atoms with E-state index in [1.54, 1.807) is 6.92 Å². The van der Waals surface area contributed by atoms with Crippen LogP contribution in [0.1, 0.15) is 12.5 Å². The number of ether oxygens (including phenoxy) is 1. The van der Waals surface area contributed by atoms with Crippen LogP contribution in [0, 0.1) is 0 Å². The van der Waals surface area contributed by atoms with E-state index in [-0.39, 0.29) is 12.0 Å². The van der Waals surface area contributed by atoms with Gasteiger partial charge in [-0.05, 0) is 12.5 Å². The molecule has 1 N–H and O–H groups in total. The van der Waals surface area contributed by atoms with Crippen LogP contribution < -0.4 is 5.32 Å². The van der Waals surface area contributed by atoms with Gasteiger partial charge in [0.05, 0.1) is 6.61 Å². The molecule has 0 bridgehead atoms. The Morgan fingerprint density at radius 1 is 1.44 bits per heavy atom. The molecule has 0 unspecified atom stereocenters. The van der Waals surface area contributed by atoms with Gasteiger partial charge in [0.15, 0.2) is 0 Å². The molecule has 1 aromatic rings. The normalized spacial score (nSPS) is 12.1. The highest BCUT2D eigenvalue weighted by atomic mass is 32.1. The minimum Gasteiger partial charge on any atom is -0.465 e. The number of thiol groups is 1. The molecule has 16 heavy (non-hydrogen) atoms. The van der Waals surface area contributed by atoms with E-state index in [4.69, 9.17) is 4.74 Å². The molecule has 0 aromatic heterocycles. The summed E-state index contributed by atoms with van der Waals surface area (Å²) < 4.78 is 4.93. The van der Waals surface area contributed by atoms with Crippen molar-refractivity contribution in [3.8, 4) is 0 Å². The van der Waals surface area contributed by atoms with Gasteiger partial charge in [0, 0.05) is 12.3 Å². The Morgan fingerprint density at radius 3 is 2.69 bits per heavy atom. The van der Waals surface area contributed by atoms with Crippen molar-refractivity contribution in [2.75, 3.05) is 12.4 Å². The Balaban J connectivity index is 2.43. The first kappa shape index (κ1) is 13.1. The zero-order valence-electron chi connectivity index (χ0n) is 9.35. The number of carbonyl (C=O) groups is 1. The highest BCUT2D eigenvalue weighted by Crippen LogP contribution is 2.00. The summed E-state index contributed by atoms with van der Waals surface area (Å²) in [5.41, 5.74) is 1.14. The summed E-state index contributed by atoms with van der Waals surface area (Å²) in [6, 6.07) is 9.57. The second-order valence-corrected chi connectivity index (χ2v) is 3.72. The van der Waals surface area contributed by atoms with Gasteiger partial charge in [0.25, 0.3) is 0 Å². The topological polar surface area (TPSA) is 38.3 Å². The number of hydrogen-bond acceptors (Lipinski definition) is 4. The largest absolute Gasteiger partial charge is 0.465 e. The molecule has 0 radical (unpaired) electrons. The maximum atomic E-state index is 11.5. The molecule has 4 heteroatoms. The lowest BCUT2D eigenvalue weighted by molar-refractivity contribution is -0.145. The molecule has 1 atom stereocenters. The lowest BCUT2D eigenvalue weighted by Crippen LogP contribution is -2.39. The smallest absolute Gasteiger partial charge is 0.323 e. The molecule has 0 saturated heterocycles. The third kappa shape index (κ3) is 4.24. The molecular formula is C12H17NO2S. The van der Waals surface area contributed by atoms with Gasteiger partial charge in [0.1, 0.15) is 6.04 Å². The van der Waals surface area contributed by atoms with Crippen LogP contribution in [-0.4, -0.2) is 24.4 Å². The van der Waals surface area contributed by atoms with Crippen molar-refractivity contribution in [1.29, 1.82) is 0 Å². The summed E-state index contributed by atoms with van der Waals surface area (Å²) in [7, 11) is 0. The molecular weight excluding hydrogens is 222 g/mol. The van der Waals surface area contributed by atoms with E-state index in [2.05, 4.69) is 17.9 Å². The maximum absolute atomic E-state index is 11.5. The van der Waals surface area contributed by atoms with Crippen LogP contribution in [0.5, 0.6) is 0 Å². The molecule has 0 heterocycles. The molecule has 3 nitrogen and oxygen atoms in total. The SMILES string of the molecule is CCOC(=O)[C@H](CS)NCc1ccccc1. The summed E-state index contributed by atoms with van der Waals surface area (Å²) in [5, 5.41) is 3.12. The zero-order chi connectivity index (χ0) is 11.8. The van der Waals surface area contributed by atoms with Crippen molar-refractivity contribution in [2.24, 2.45) is 0 Å². The summed E-state index contributed by atoms with van der Waals surface area (Å²) >= 11 is 4.13. The van der Waals surface area contributed by atoms with Gasteiger partial charge in [-0.25, -0.2) is 0 Å². The number of esters is 1. The predicted molar refractivity (Wildman–Crippen MR) is 67.6 cm³/mol. The lowest BCUT2D eigenvalue weighted by atomic mass is 10.2. The van der Waals surface area contributed by atoms with Gasteiger partial charge in [-0.3, -0.25) is 10.1 Å². The minimum absolute atomic E-state index is 0.242. The average molecular weight is 239 g/mol. The molecule has 0 fully saturated rings. The van der Waals surface area contributed by atoms with Gasteiger partial charge < -0.3 is 4.74 Å². The van der Waals surface area contributed by atoms with Gasteiger partial charge >= 0.3 is 5.97 Å². The van der Waals surface area contributed by atoms with Crippen LogP contribution in [0.2, 0.25) is 0 Å². The minimum atomic E-state index is -0.344. The molecule has 0 saturated carbocycles. The van der Waals surface area contributed by atoms with E-state index >= 15 is 0 Å². The first-order chi connectivity index (χ1) is 7.77. The number of nitrogens with one attached hydrogen (secondary N) is 1. The number of rotatable bonds is 6. The molecule has 88 valence electrons. The van der Waals surface area contributed by atoms with Crippen LogP contribution in [0.3, 0.4) is 0 Å². The summed E-state index contributed by atoms with van der Waals surface area (Å²) in [5.74, 6) is 0.194. The monoisotopic (exact) mass is 239 g/mol. The van der Waals surface area contributed by atoms with E-state index in [1.165, 1.54) is 0 Å². The first-order valence-electron chi connectivity index (χ1n) is 5.32.